The van der Waals surface area contributed by atoms with Crippen LogP contribution in [0.15, 0.2) is 89.9 Å². The number of amides is 1. The van der Waals surface area contributed by atoms with Crippen LogP contribution < -0.4 is 16.6 Å². The summed E-state index contributed by atoms with van der Waals surface area (Å²) in [5.41, 5.74) is 8.89. The number of pyridine rings is 1. The van der Waals surface area contributed by atoms with Crippen LogP contribution in [0.2, 0.25) is 10.0 Å². The fourth-order valence-corrected chi connectivity index (χ4v) is 4.69. The lowest BCUT2D eigenvalue weighted by molar-refractivity contribution is -0.139. The summed E-state index contributed by atoms with van der Waals surface area (Å²) in [6.07, 6.45) is 1.63. The molecule has 4 rings (SSSR count). The first-order valence-corrected chi connectivity index (χ1v) is 12.6. The van der Waals surface area contributed by atoms with Crippen molar-refractivity contribution < 1.29 is 14.7 Å². The summed E-state index contributed by atoms with van der Waals surface area (Å²) >= 11 is 12.5. The number of hydrogen-bond donors (Lipinski definition) is 3. The van der Waals surface area contributed by atoms with Crippen LogP contribution in [-0.2, 0) is 24.3 Å². The molecule has 4 N–H and O–H groups in total. The van der Waals surface area contributed by atoms with Crippen LogP contribution in [0.1, 0.15) is 27.0 Å². The van der Waals surface area contributed by atoms with Gasteiger partial charge in [0.25, 0.3) is 11.5 Å². The van der Waals surface area contributed by atoms with Gasteiger partial charge in [-0.1, -0.05) is 89.9 Å². The van der Waals surface area contributed by atoms with Gasteiger partial charge in [0.2, 0.25) is 0 Å². The summed E-state index contributed by atoms with van der Waals surface area (Å²) in [7, 11) is 0. The molecule has 9 heteroatoms. The molecule has 3 aromatic carbocycles. The molecule has 0 saturated heterocycles. The number of carboxylic acids is 1. The van der Waals surface area contributed by atoms with Crippen LogP contribution in [0, 0.1) is 0 Å². The minimum Gasteiger partial charge on any atom is -0.480 e. The number of nitrogens with two attached hydrogens (primary N) is 1. The average Bonchev–Trinajstić information content (AvgIpc) is 2.91. The van der Waals surface area contributed by atoms with Crippen LogP contribution in [0.4, 0.5) is 0 Å². The zero-order chi connectivity index (χ0) is 27.2. The van der Waals surface area contributed by atoms with Gasteiger partial charge in [0.1, 0.15) is 6.04 Å². The topological polar surface area (TPSA) is 114 Å². The van der Waals surface area contributed by atoms with Crippen molar-refractivity contribution in [3.8, 4) is 11.1 Å². The van der Waals surface area contributed by atoms with Crippen molar-refractivity contribution in [1.29, 1.82) is 0 Å². The van der Waals surface area contributed by atoms with Gasteiger partial charge in [0.15, 0.2) is 0 Å². The van der Waals surface area contributed by atoms with Gasteiger partial charge >= 0.3 is 5.97 Å². The molecule has 1 aromatic heterocycles. The average molecular weight is 550 g/mol. The number of benzene rings is 3. The first-order valence-electron chi connectivity index (χ1n) is 11.8. The first-order chi connectivity index (χ1) is 18.3. The smallest absolute Gasteiger partial charge is 0.326 e. The van der Waals surface area contributed by atoms with Gasteiger partial charge in [0, 0.05) is 24.7 Å². The van der Waals surface area contributed by atoms with E-state index in [-0.39, 0.29) is 29.1 Å². The summed E-state index contributed by atoms with van der Waals surface area (Å²) in [4.78, 5) is 38.0. The summed E-state index contributed by atoms with van der Waals surface area (Å²) in [6, 6.07) is 21.8. The van der Waals surface area contributed by atoms with Crippen molar-refractivity contribution >= 4 is 35.1 Å². The van der Waals surface area contributed by atoms with Crippen LogP contribution in [0.25, 0.3) is 11.1 Å². The van der Waals surface area contributed by atoms with Crippen LogP contribution in [0.5, 0.6) is 0 Å². The van der Waals surface area contributed by atoms with E-state index in [0.717, 1.165) is 5.56 Å². The van der Waals surface area contributed by atoms with E-state index >= 15 is 0 Å². The van der Waals surface area contributed by atoms with Crippen molar-refractivity contribution in [2.24, 2.45) is 5.73 Å². The van der Waals surface area contributed by atoms with Crippen molar-refractivity contribution in [3.63, 3.8) is 0 Å². The second-order valence-electron chi connectivity index (χ2n) is 8.73. The van der Waals surface area contributed by atoms with Gasteiger partial charge in [-0.2, -0.15) is 0 Å². The van der Waals surface area contributed by atoms with Crippen molar-refractivity contribution in [2.75, 3.05) is 0 Å². The monoisotopic (exact) mass is 549 g/mol. The molecule has 0 aliphatic rings. The molecule has 1 heterocycles. The zero-order valence-corrected chi connectivity index (χ0v) is 21.7. The van der Waals surface area contributed by atoms with Crippen LogP contribution >= 0.6 is 23.2 Å². The Morgan fingerprint density at radius 2 is 1.66 bits per heavy atom. The fourth-order valence-electron chi connectivity index (χ4n) is 4.18. The SMILES string of the molecule is NCc1cccc(Cl)c1C(=O)N[C@@H](Cc1ccc(-c2cc(Cl)cn(Cc3ccccc3)c2=O)cc1)C(=O)O. The number of nitrogens with zero attached hydrogens (tertiary/aromatic N) is 1. The molecule has 7 nitrogen and oxygen atoms in total. The van der Waals surface area contributed by atoms with Crippen molar-refractivity contribution in [2.45, 2.75) is 25.6 Å². The lowest BCUT2D eigenvalue weighted by Gasteiger charge is -2.17. The van der Waals surface area contributed by atoms with Gasteiger partial charge in [-0.3, -0.25) is 9.59 Å². The zero-order valence-electron chi connectivity index (χ0n) is 20.2. The van der Waals surface area contributed by atoms with Gasteiger partial charge in [-0.25, -0.2) is 4.79 Å². The first kappa shape index (κ1) is 27.1. The Morgan fingerprint density at radius 3 is 2.32 bits per heavy atom. The maximum Gasteiger partial charge on any atom is 0.326 e. The Bertz CT molecular complexity index is 1520. The summed E-state index contributed by atoms with van der Waals surface area (Å²) in [5, 5.41) is 12.9. The number of halogens is 2. The highest BCUT2D eigenvalue weighted by Gasteiger charge is 2.24. The highest BCUT2D eigenvalue weighted by atomic mass is 35.5. The lowest BCUT2D eigenvalue weighted by Crippen LogP contribution is -2.42. The minimum absolute atomic E-state index is 0.0253. The largest absolute Gasteiger partial charge is 0.480 e. The Kier molecular flexibility index (Phi) is 8.63. The number of carboxylic acid groups (broad SMARTS) is 1. The molecule has 0 fully saturated rings. The maximum absolute atomic E-state index is 13.2. The number of aromatic nitrogens is 1. The molecule has 1 atom stereocenters. The second kappa shape index (κ2) is 12.1. The third-order valence-electron chi connectivity index (χ3n) is 6.10. The standard InChI is InChI=1S/C29H25Cl2N3O4/c30-22-14-23(28(36)34(17-22)16-19-5-2-1-3-6-19)20-11-9-18(10-12-20)13-25(29(37)38)33-27(35)26-21(15-32)7-4-8-24(26)31/h1-12,14,17,25H,13,15-16,32H2,(H,33,35)(H,37,38)/t25-/m0/s1. The number of aliphatic carboxylic acids is 1. The molecule has 0 bridgehead atoms. The van der Waals surface area contributed by atoms with E-state index in [4.69, 9.17) is 28.9 Å². The highest BCUT2D eigenvalue weighted by Crippen LogP contribution is 2.22. The van der Waals surface area contributed by atoms with Gasteiger partial charge in [0.05, 0.1) is 22.2 Å². The Labute approximate surface area is 229 Å². The highest BCUT2D eigenvalue weighted by molar-refractivity contribution is 6.34. The Hall–Kier alpha value is -3.91. The summed E-state index contributed by atoms with van der Waals surface area (Å²) < 4.78 is 1.56. The quantitative estimate of drug-likeness (QED) is 0.278. The second-order valence-corrected chi connectivity index (χ2v) is 9.58. The Balaban J connectivity index is 1.54. The molecule has 38 heavy (non-hydrogen) atoms. The van der Waals surface area contributed by atoms with Crippen molar-refractivity contribution in [1.82, 2.24) is 9.88 Å². The number of nitrogens with one attached hydrogen (secondary N) is 1. The lowest BCUT2D eigenvalue weighted by atomic mass is 10.0. The molecule has 0 spiro atoms. The maximum atomic E-state index is 13.2. The minimum atomic E-state index is -1.20. The molecule has 1 amide bonds. The van der Waals surface area contributed by atoms with E-state index in [1.165, 1.54) is 0 Å². The normalized spacial score (nSPS) is 11.7. The Morgan fingerprint density at radius 1 is 0.947 bits per heavy atom. The van der Waals surface area contributed by atoms with E-state index in [0.29, 0.717) is 33.8 Å². The number of rotatable bonds is 9. The predicted molar refractivity (Wildman–Crippen MR) is 149 cm³/mol. The molecule has 0 saturated carbocycles. The van der Waals surface area contributed by atoms with Gasteiger partial charge < -0.3 is 20.7 Å². The summed E-state index contributed by atoms with van der Waals surface area (Å²) in [5.74, 6) is -1.81. The van der Waals surface area contributed by atoms with E-state index in [1.807, 2.05) is 30.3 Å². The molecule has 0 radical (unpaired) electrons. The number of hydrogen-bond acceptors (Lipinski definition) is 4. The molecular weight excluding hydrogens is 525 g/mol. The molecule has 0 aliphatic heterocycles. The van der Waals surface area contributed by atoms with Gasteiger partial charge in [-0.05, 0) is 34.4 Å². The van der Waals surface area contributed by atoms with Crippen LogP contribution in [0.3, 0.4) is 0 Å². The summed E-state index contributed by atoms with van der Waals surface area (Å²) in [6.45, 7) is 0.460. The van der Waals surface area contributed by atoms with E-state index in [2.05, 4.69) is 5.32 Å². The molecule has 0 unspecified atom stereocenters. The third-order valence-corrected chi connectivity index (χ3v) is 6.63. The third kappa shape index (κ3) is 6.31. The van der Waals surface area contributed by atoms with E-state index in [1.54, 1.807) is 59.3 Å². The molecule has 4 aromatic rings. The van der Waals surface area contributed by atoms with Crippen molar-refractivity contribution in [3.05, 3.63) is 128 Å². The predicted octanol–water partition coefficient (Wildman–Crippen LogP) is 4.75. The molecule has 0 aliphatic carbocycles. The molecular formula is C29H25Cl2N3O4. The van der Waals surface area contributed by atoms with E-state index < -0.39 is 17.9 Å². The fraction of sp³-hybridized carbons (Fsp3) is 0.138. The molecule has 194 valence electrons. The van der Waals surface area contributed by atoms with Gasteiger partial charge in [-0.15, -0.1) is 0 Å². The van der Waals surface area contributed by atoms with E-state index in [9.17, 15) is 19.5 Å². The van der Waals surface area contributed by atoms with Crippen LogP contribution in [-0.4, -0.2) is 27.6 Å². The number of carbonyl (C=O) groups excluding carboxylic acids is 1. The number of carbonyl (C=O) groups is 2.